The maximum atomic E-state index is 13.2. The van der Waals surface area contributed by atoms with Crippen LogP contribution < -0.4 is 10.6 Å². The van der Waals surface area contributed by atoms with Crippen LogP contribution in [0.1, 0.15) is 5.56 Å². The topological polar surface area (TPSA) is 42.2 Å². The van der Waals surface area contributed by atoms with E-state index in [0.29, 0.717) is 6.54 Å². The number of pyridine rings is 1. The molecule has 0 spiro atoms. The highest BCUT2D eigenvalue weighted by atomic mass is 19.1. The number of rotatable bonds is 0. The molecular weight excluding hydrogens is 217 g/mol. The lowest BCUT2D eigenvalue weighted by Gasteiger charge is -2.29. The highest BCUT2D eigenvalue weighted by molar-refractivity contribution is 5.88. The Labute approximate surface area is 98.7 Å². The third-order valence-electron chi connectivity index (χ3n) is 3.04. The molecule has 0 radical (unpaired) electrons. The number of fused-ring (bicyclic) bond motifs is 3. The van der Waals surface area contributed by atoms with Crippen LogP contribution in [0, 0.1) is 5.82 Å². The lowest BCUT2D eigenvalue weighted by Crippen LogP contribution is -2.23. The monoisotopic (exact) mass is 229 g/mol. The molecule has 17 heavy (non-hydrogen) atoms. The summed E-state index contributed by atoms with van der Waals surface area (Å²) >= 11 is 0. The molecule has 0 atom stereocenters. The van der Waals surface area contributed by atoms with Gasteiger partial charge >= 0.3 is 0 Å². The molecule has 3 rings (SSSR count). The van der Waals surface area contributed by atoms with Crippen LogP contribution in [0.5, 0.6) is 0 Å². The summed E-state index contributed by atoms with van der Waals surface area (Å²) in [7, 11) is 1.95. The van der Waals surface area contributed by atoms with Crippen LogP contribution in [-0.2, 0) is 6.54 Å². The number of nitrogens with zero attached hydrogens (tertiary/aromatic N) is 2. The van der Waals surface area contributed by atoms with Crippen molar-refractivity contribution in [3.05, 3.63) is 41.8 Å². The lowest BCUT2D eigenvalue weighted by molar-refractivity contribution is 0.618. The Morgan fingerprint density at radius 2 is 2.24 bits per heavy atom. The number of nitrogens with two attached hydrogens (primary N) is 1. The zero-order chi connectivity index (χ0) is 12.0. The van der Waals surface area contributed by atoms with E-state index in [1.165, 1.54) is 12.3 Å². The zero-order valence-corrected chi connectivity index (χ0v) is 9.44. The van der Waals surface area contributed by atoms with Crippen LogP contribution in [0.15, 0.2) is 30.5 Å². The van der Waals surface area contributed by atoms with Gasteiger partial charge in [-0.25, -0.2) is 4.39 Å². The number of hydrogen-bond acceptors (Lipinski definition) is 3. The SMILES string of the molecule is CN1Cc2cc(F)cnc2-c2cccc(N)c21. The second-order valence-corrected chi connectivity index (χ2v) is 4.26. The Morgan fingerprint density at radius 1 is 1.41 bits per heavy atom. The van der Waals surface area contributed by atoms with E-state index in [4.69, 9.17) is 5.73 Å². The Balaban J connectivity index is 2.30. The van der Waals surface area contributed by atoms with Gasteiger partial charge in [-0.05, 0) is 12.1 Å². The fraction of sp³-hybridized carbons (Fsp3) is 0.154. The van der Waals surface area contributed by atoms with Crippen molar-refractivity contribution < 1.29 is 4.39 Å². The molecule has 1 aromatic heterocycles. The van der Waals surface area contributed by atoms with E-state index in [0.717, 1.165) is 28.2 Å². The van der Waals surface area contributed by atoms with E-state index in [9.17, 15) is 4.39 Å². The number of benzene rings is 1. The molecule has 0 bridgehead atoms. The quantitative estimate of drug-likeness (QED) is 0.705. The molecular formula is C13H12FN3. The molecule has 0 unspecified atom stereocenters. The second-order valence-electron chi connectivity index (χ2n) is 4.26. The molecule has 2 heterocycles. The van der Waals surface area contributed by atoms with Crippen LogP contribution in [-0.4, -0.2) is 12.0 Å². The Bertz CT molecular complexity index is 595. The van der Waals surface area contributed by atoms with E-state index in [1.54, 1.807) is 0 Å². The van der Waals surface area contributed by atoms with Gasteiger partial charge in [0.1, 0.15) is 5.82 Å². The first kappa shape index (κ1) is 10.1. The normalized spacial score (nSPS) is 13.2. The van der Waals surface area contributed by atoms with Crippen LogP contribution >= 0.6 is 0 Å². The molecule has 0 saturated heterocycles. The smallest absolute Gasteiger partial charge is 0.141 e. The van der Waals surface area contributed by atoms with Crippen molar-refractivity contribution in [1.29, 1.82) is 0 Å². The number of anilines is 2. The van der Waals surface area contributed by atoms with Crippen molar-refractivity contribution in [3.8, 4) is 11.3 Å². The van der Waals surface area contributed by atoms with Crippen molar-refractivity contribution in [1.82, 2.24) is 4.98 Å². The predicted molar refractivity (Wildman–Crippen MR) is 66.2 cm³/mol. The number of para-hydroxylation sites is 1. The molecule has 0 saturated carbocycles. The zero-order valence-electron chi connectivity index (χ0n) is 9.44. The van der Waals surface area contributed by atoms with Crippen LogP contribution in [0.4, 0.5) is 15.8 Å². The van der Waals surface area contributed by atoms with Crippen molar-refractivity contribution in [2.24, 2.45) is 0 Å². The summed E-state index contributed by atoms with van der Waals surface area (Å²) in [6.45, 7) is 0.626. The Kier molecular flexibility index (Phi) is 2.04. The maximum Gasteiger partial charge on any atom is 0.141 e. The molecule has 2 aromatic rings. The maximum absolute atomic E-state index is 13.2. The first-order chi connectivity index (χ1) is 8.16. The molecule has 0 aliphatic carbocycles. The van der Waals surface area contributed by atoms with Gasteiger partial charge in [0, 0.05) is 24.7 Å². The molecule has 86 valence electrons. The average molecular weight is 229 g/mol. The van der Waals surface area contributed by atoms with E-state index in [-0.39, 0.29) is 5.82 Å². The Morgan fingerprint density at radius 3 is 3.06 bits per heavy atom. The summed E-state index contributed by atoms with van der Waals surface area (Å²) in [4.78, 5) is 6.20. The summed E-state index contributed by atoms with van der Waals surface area (Å²) in [5, 5.41) is 0. The van der Waals surface area contributed by atoms with E-state index in [1.807, 2.05) is 30.1 Å². The van der Waals surface area contributed by atoms with Gasteiger partial charge in [0.05, 0.1) is 23.3 Å². The van der Waals surface area contributed by atoms with E-state index >= 15 is 0 Å². The molecule has 0 fully saturated rings. The molecule has 1 aromatic carbocycles. The van der Waals surface area contributed by atoms with Gasteiger partial charge in [0.15, 0.2) is 0 Å². The molecule has 4 heteroatoms. The highest BCUT2D eigenvalue weighted by Crippen LogP contribution is 2.40. The van der Waals surface area contributed by atoms with Crippen LogP contribution in [0.3, 0.4) is 0 Å². The van der Waals surface area contributed by atoms with Gasteiger partial charge in [-0.15, -0.1) is 0 Å². The third kappa shape index (κ3) is 1.45. The van der Waals surface area contributed by atoms with Crippen molar-refractivity contribution in [2.75, 3.05) is 17.7 Å². The van der Waals surface area contributed by atoms with E-state index < -0.39 is 0 Å². The highest BCUT2D eigenvalue weighted by Gasteiger charge is 2.22. The fourth-order valence-electron chi connectivity index (χ4n) is 2.36. The van der Waals surface area contributed by atoms with Gasteiger partial charge in [0.25, 0.3) is 0 Å². The number of nitrogen functional groups attached to an aromatic ring is 1. The average Bonchev–Trinajstić information content (AvgIpc) is 2.28. The minimum atomic E-state index is -0.301. The van der Waals surface area contributed by atoms with Gasteiger partial charge in [-0.2, -0.15) is 0 Å². The van der Waals surface area contributed by atoms with Crippen LogP contribution in [0.2, 0.25) is 0 Å². The van der Waals surface area contributed by atoms with Crippen LogP contribution in [0.25, 0.3) is 11.3 Å². The summed E-state index contributed by atoms with van der Waals surface area (Å²) in [5.74, 6) is -0.301. The minimum Gasteiger partial charge on any atom is -0.397 e. The molecule has 0 amide bonds. The number of aromatic nitrogens is 1. The first-order valence-corrected chi connectivity index (χ1v) is 5.41. The summed E-state index contributed by atoms with van der Waals surface area (Å²) in [6.07, 6.45) is 1.25. The molecule has 3 nitrogen and oxygen atoms in total. The third-order valence-corrected chi connectivity index (χ3v) is 3.04. The number of halogens is 1. The number of hydrogen-bond donors (Lipinski definition) is 1. The summed E-state index contributed by atoms with van der Waals surface area (Å²) in [5.41, 5.74) is 10.4. The Hall–Kier alpha value is -2.10. The lowest BCUT2D eigenvalue weighted by atomic mass is 9.98. The summed E-state index contributed by atoms with van der Waals surface area (Å²) in [6, 6.07) is 7.25. The van der Waals surface area contributed by atoms with Crippen molar-refractivity contribution >= 4 is 11.4 Å². The second kappa shape index (κ2) is 3.45. The molecule has 1 aliphatic rings. The largest absolute Gasteiger partial charge is 0.397 e. The first-order valence-electron chi connectivity index (χ1n) is 5.41. The van der Waals surface area contributed by atoms with E-state index in [2.05, 4.69) is 4.98 Å². The van der Waals surface area contributed by atoms with Crippen molar-refractivity contribution in [3.63, 3.8) is 0 Å². The fourth-order valence-corrected chi connectivity index (χ4v) is 2.36. The molecule has 1 aliphatic heterocycles. The van der Waals surface area contributed by atoms with Gasteiger partial charge < -0.3 is 10.6 Å². The predicted octanol–water partition coefficient (Wildman–Crippen LogP) is 2.42. The van der Waals surface area contributed by atoms with Gasteiger partial charge in [-0.3, -0.25) is 4.98 Å². The minimum absolute atomic E-state index is 0.301. The molecule has 2 N–H and O–H groups in total. The van der Waals surface area contributed by atoms with Crippen molar-refractivity contribution in [2.45, 2.75) is 6.54 Å². The van der Waals surface area contributed by atoms with Gasteiger partial charge in [-0.1, -0.05) is 12.1 Å². The van der Waals surface area contributed by atoms with Gasteiger partial charge in [0.2, 0.25) is 0 Å². The standard InChI is InChI=1S/C13H12FN3/c1-17-7-8-5-9(14)6-16-12(8)10-3-2-4-11(15)13(10)17/h2-6H,7,15H2,1H3. The summed E-state index contributed by atoms with van der Waals surface area (Å²) < 4.78 is 13.2.